The third-order valence-electron chi connectivity index (χ3n) is 0.194. The van der Waals surface area contributed by atoms with Gasteiger partial charge in [0.1, 0.15) is 0 Å². The van der Waals surface area contributed by atoms with Crippen LogP contribution in [0.25, 0.3) is 0 Å². The molecule has 0 aliphatic carbocycles. The Hall–Kier alpha value is 0.380. The molecule has 0 atom stereocenters. The van der Waals surface area contributed by atoms with Crippen molar-refractivity contribution in [2.24, 2.45) is 0 Å². The molecule has 0 saturated carbocycles. The molecule has 0 aromatic rings. The van der Waals surface area contributed by atoms with E-state index < -0.39 is 0 Å². The van der Waals surface area contributed by atoms with Crippen LogP contribution in [0.4, 0.5) is 0 Å². The van der Waals surface area contributed by atoms with Crippen LogP contribution in [0.2, 0.25) is 0 Å². The molecule has 0 rings (SSSR count). The van der Waals surface area contributed by atoms with E-state index in [2.05, 4.69) is 12.6 Å². The van der Waals surface area contributed by atoms with E-state index >= 15 is 0 Å². The lowest BCUT2D eigenvalue weighted by molar-refractivity contribution is 1.83. The van der Waals surface area contributed by atoms with Crippen molar-refractivity contribution in [1.82, 2.24) is 0 Å². The maximum atomic E-state index is 5.07. The smallest absolute Gasteiger partial charge is 0.00942 e. The second-order valence-electron chi connectivity index (χ2n) is 0.544. The average Bonchev–Trinajstić information content (AvgIpc) is 1.41. The second-order valence-corrected chi connectivity index (χ2v) is 1.16. The fourth-order valence-electron chi connectivity index (χ4n) is 0.0398. The van der Waals surface area contributed by atoms with Gasteiger partial charge in [-0.25, -0.2) is 0 Å². The summed E-state index contributed by atoms with van der Waals surface area (Å²) in [5, 5.41) is 0. The first-order chi connectivity index (χ1) is 2.41. The van der Waals surface area contributed by atoms with Crippen molar-refractivity contribution in [3.63, 3.8) is 0 Å². The van der Waals surface area contributed by atoms with Gasteiger partial charge in [0.2, 0.25) is 0 Å². The monoisotopic (exact) mass is 108 g/mol. The summed E-state index contributed by atoms with van der Waals surface area (Å²) < 4.78 is 0. The fourth-order valence-corrected chi connectivity index (χ4v) is 0.359. The molecule has 0 N–H and O–H groups in total. The van der Waals surface area contributed by atoms with E-state index in [1.54, 1.807) is 6.08 Å². The standard InChI is InChI=1S/C3H5ClS/c4-2-1-3-5/h1-2,5H,3H2. The van der Waals surface area contributed by atoms with Crippen LogP contribution in [-0.4, -0.2) is 5.75 Å². The van der Waals surface area contributed by atoms with Gasteiger partial charge in [0, 0.05) is 11.3 Å². The molecule has 0 aromatic heterocycles. The van der Waals surface area contributed by atoms with E-state index in [1.807, 2.05) is 0 Å². The predicted octanol–water partition coefficient (Wildman–Crippen LogP) is 1.67. The lowest BCUT2D eigenvalue weighted by Gasteiger charge is -1.63. The Balaban J connectivity index is 2.62. The third-order valence-corrected chi connectivity index (χ3v) is 0.583. The fraction of sp³-hybridized carbons (Fsp3) is 0.333. The van der Waals surface area contributed by atoms with E-state index in [4.69, 9.17) is 11.6 Å². The van der Waals surface area contributed by atoms with Gasteiger partial charge in [-0.1, -0.05) is 17.7 Å². The highest BCUT2D eigenvalue weighted by atomic mass is 35.5. The van der Waals surface area contributed by atoms with Crippen molar-refractivity contribution in [2.45, 2.75) is 0 Å². The molecule has 5 heavy (non-hydrogen) atoms. The van der Waals surface area contributed by atoms with Crippen LogP contribution in [0.15, 0.2) is 11.6 Å². The maximum Gasteiger partial charge on any atom is 0.00942 e. The van der Waals surface area contributed by atoms with Crippen molar-refractivity contribution in [3.8, 4) is 0 Å². The molecule has 0 nitrogen and oxygen atoms in total. The van der Waals surface area contributed by atoms with Gasteiger partial charge < -0.3 is 0 Å². The molecule has 0 aliphatic rings. The Bertz CT molecular complexity index is 33.9. The first-order valence-corrected chi connectivity index (χ1v) is 2.34. The summed E-state index contributed by atoms with van der Waals surface area (Å²) in [6.07, 6.45) is 1.75. The highest BCUT2D eigenvalue weighted by Crippen LogP contribution is 1.78. The number of hydrogen-bond donors (Lipinski definition) is 1. The molecule has 2 heteroatoms. The summed E-state index contributed by atoms with van der Waals surface area (Å²) in [6, 6.07) is 0. The molecule has 0 saturated heterocycles. The molecular formula is C3H5ClS. The zero-order chi connectivity index (χ0) is 4.12. The predicted molar refractivity (Wildman–Crippen MR) is 28.8 cm³/mol. The normalized spacial score (nSPS) is 10.0. The van der Waals surface area contributed by atoms with Crippen LogP contribution >= 0.6 is 24.2 Å². The molecule has 0 spiro atoms. The molecule has 0 heterocycles. The summed E-state index contributed by atoms with van der Waals surface area (Å²) in [5.41, 5.74) is 1.45. The molecule has 0 aromatic carbocycles. The van der Waals surface area contributed by atoms with Gasteiger partial charge in [-0.15, -0.1) is 0 Å². The van der Waals surface area contributed by atoms with Crippen LogP contribution in [0.5, 0.6) is 0 Å². The molecular weight excluding hydrogens is 104 g/mol. The molecule has 0 bridgehead atoms. The van der Waals surface area contributed by atoms with E-state index in [0.717, 1.165) is 5.75 Å². The minimum atomic E-state index is 0.726. The Morgan fingerprint density at radius 2 is 2.40 bits per heavy atom. The van der Waals surface area contributed by atoms with Gasteiger partial charge in [-0.2, -0.15) is 12.6 Å². The van der Waals surface area contributed by atoms with E-state index in [9.17, 15) is 0 Å². The van der Waals surface area contributed by atoms with Gasteiger partial charge in [0.25, 0.3) is 0 Å². The van der Waals surface area contributed by atoms with Gasteiger partial charge >= 0.3 is 0 Å². The van der Waals surface area contributed by atoms with E-state index in [-0.39, 0.29) is 0 Å². The van der Waals surface area contributed by atoms with E-state index in [1.165, 1.54) is 5.54 Å². The number of halogens is 1. The highest BCUT2D eigenvalue weighted by Gasteiger charge is 1.54. The summed E-state index contributed by atoms with van der Waals surface area (Å²) >= 11 is 8.90. The molecule has 0 fully saturated rings. The maximum absolute atomic E-state index is 5.07. The average molecular weight is 109 g/mol. The zero-order valence-corrected chi connectivity index (χ0v) is 4.34. The molecule has 0 radical (unpaired) electrons. The van der Waals surface area contributed by atoms with Crippen molar-refractivity contribution >= 4 is 24.2 Å². The molecule has 0 amide bonds. The second kappa shape index (κ2) is 4.38. The summed E-state index contributed by atoms with van der Waals surface area (Å²) in [4.78, 5) is 0. The molecule has 30 valence electrons. The van der Waals surface area contributed by atoms with Crippen molar-refractivity contribution in [3.05, 3.63) is 11.6 Å². The van der Waals surface area contributed by atoms with Crippen LogP contribution in [0.1, 0.15) is 0 Å². The zero-order valence-electron chi connectivity index (χ0n) is 2.69. The highest BCUT2D eigenvalue weighted by molar-refractivity contribution is 7.80. The van der Waals surface area contributed by atoms with E-state index in [0.29, 0.717) is 0 Å². The first-order valence-electron chi connectivity index (χ1n) is 1.28. The van der Waals surface area contributed by atoms with Gasteiger partial charge in [-0.05, 0) is 0 Å². The number of hydrogen-bond acceptors (Lipinski definition) is 1. The lowest BCUT2D eigenvalue weighted by Crippen LogP contribution is -1.49. The van der Waals surface area contributed by atoms with Crippen LogP contribution in [-0.2, 0) is 0 Å². The largest absolute Gasteiger partial charge is 0.175 e. The summed E-state index contributed by atoms with van der Waals surface area (Å²) in [5.74, 6) is 0.726. The van der Waals surface area contributed by atoms with Crippen LogP contribution < -0.4 is 0 Å². The Morgan fingerprint density at radius 3 is 2.40 bits per heavy atom. The Morgan fingerprint density at radius 1 is 1.80 bits per heavy atom. The topological polar surface area (TPSA) is 0 Å². The van der Waals surface area contributed by atoms with Crippen LogP contribution in [0.3, 0.4) is 0 Å². The molecule has 0 aliphatic heterocycles. The quantitative estimate of drug-likeness (QED) is 0.486. The minimum Gasteiger partial charge on any atom is -0.175 e. The Kier molecular flexibility index (Phi) is 4.71. The Labute approximate surface area is 42.2 Å². The molecule has 0 unspecified atom stereocenters. The van der Waals surface area contributed by atoms with Crippen LogP contribution in [0, 0.1) is 0 Å². The van der Waals surface area contributed by atoms with Gasteiger partial charge in [-0.3, -0.25) is 0 Å². The van der Waals surface area contributed by atoms with Crippen molar-refractivity contribution in [2.75, 3.05) is 5.75 Å². The third kappa shape index (κ3) is 4.38. The minimum absolute atomic E-state index is 0.726. The summed E-state index contributed by atoms with van der Waals surface area (Å²) in [6.45, 7) is 0. The van der Waals surface area contributed by atoms with Crippen molar-refractivity contribution in [1.29, 1.82) is 0 Å². The summed E-state index contributed by atoms with van der Waals surface area (Å²) in [7, 11) is 0. The van der Waals surface area contributed by atoms with Gasteiger partial charge in [0.15, 0.2) is 0 Å². The van der Waals surface area contributed by atoms with Crippen molar-refractivity contribution < 1.29 is 0 Å². The van der Waals surface area contributed by atoms with Gasteiger partial charge in [0.05, 0.1) is 0 Å². The number of thiol groups is 1. The SMILES string of the molecule is SCC=CCl. The first kappa shape index (κ1) is 5.38. The number of rotatable bonds is 1. The lowest BCUT2D eigenvalue weighted by atomic mass is 10.8.